The molecule has 0 saturated carbocycles. The molecule has 0 bridgehead atoms. The standard InChI is InChI=1S/C15H25N3OS/c1-12(2)18-9-7-16-15(18)13-5-4-8-17(11-13)14(19)6-10-20-3/h7,9,12-13H,4-6,8,10-11H2,1-3H3. The summed E-state index contributed by atoms with van der Waals surface area (Å²) in [5.41, 5.74) is 0. The van der Waals surface area contributed by atoms with Crippen LogP contribution in [0.15, 0.2) is 12.4 Å². The van der Waals surface area contributed by atoms with Gasteiger partial charge in [0.15, 0.2) is 0 Å². The lowest BCUT2D eigenvalue weighted by Crippen LogP contribution is -2.40. The van der Waals surface area contributed by atoms with Crippen LogP contribution in [-0.2, 0) is 4.79 Å². The van der Waals surface area contributed by atoms with E-state index < -0.39 is 0 Å². The Balaban J connectivity index is 2.03. The first-order valence-electron chi connectivity index (χ1n) is 7.43. The molecule has 0 N–H and O–H groups in total. The van der Waals surface area contributed by atoms with Gasteiger partial charge in [0.2, 0.25) is 5.91 Å². The van der Waals surface area contributed by atoms with E-state index in [-0.39, 0.29) is 0 Å². The number of likely N-dealkylation sites (tertiary alicyclic amines) is 1. The number of piperidine rings is 1. The van der Waals surface area contributed by atoms with Gasteiger partial charge in [-0.15, -0.1) is 0 Å². The lowest BCUT2D eigenvalue weighted by molar-refractivity contribution is -0.132. The van der Waals surface area contributed by atoms with Crippen LogP contribution >= 0.6 is 11.8 Å². The summed E-state index contributed by atoms with van der Waals surface area (Å²) in [5.74, 6) is 2.74. The first kappa shape index (κ1) is 15.4. The second kappa shape index (κ2) is 7.16. The first-order chi connectivity index (χ1) is 9.63. The third-order valence-corrected chi connectivity index (χ3v) is 4.53. The molecule has 1 aliphatic rings. The zero-order valence-electron chi connectivity index (χ0n) is 12.7. The fraction of sp³-hybridized carbons (Fsp3) is 0.733. The topological polar surface area (TPSA) is 38.1 Å². The maximum absolute atomic E-state index is 12.2. The molecule has 1 amide bonds. The molecule has 20 heavy (non-hydrogen) atoms. The lowest BCUT2D eigenvalue weighted by atomic mass is 9.96. The monoisotopic (exact) mass is 295 g/mol. The average molecular weight is 295 g/mol. The number of hydrogen-bond acceptors (Lipinski definition) is 3. The minimum absolute atomic E-state index is 0.298. The van der Waals surface area contributed by atoms with Crippen molar-refractivity contribution in [2.45, 2.75) is 45.1 Å². The van der Waals surface area contributed by atoms with Crippen molar-refractivity contribution < 1.29 is 4.79 Å². The summed E-state index contributed by atoms with van der Waals surface area (Å²) in [6.07, 6.45) is 8.85. The highest BCUT2D eigenvalue weighted by Crippen LogP contribution is 2.27. The lowest BCUT2D eigenvalue weighted by Gasteiger charge is -2.33. The Hall–Kier alpha value is -0.970. The van der Waals surface area contributed by atoms with Crippen LogP contribution in [0.5, 0.6) is 0 Å². The Morgan fingerprint density at radius 1 is 1.55 bits per heavy atom. The fourth-order valence-corrected chi connectivity index (χ4v) is 3.22. The van der Waals surface area contributed by atoms with Crippen LogP contribution in [-0.4, -0.2) is 45.5 Å². The Morgan fingerprint density at radius 3 is 3.05 bits per heavy atom. The number of aromatic nitrogens is 2. The summed E-state index contributed by atoms with van der Waals surface area (Å²) < 4.78 is 2.24. The minimum atomic E-state index is 0.298. The van der Waals surface area contributed by atoms with Gasteiger partial charge in [-0.2, -0.15) is 11.8 Å². The molecule has 0 radical (unpaired) electrons. The molecule has 0 aromatic carbocycles. The van der Waals surface area contributed by atoms with Crippen molar-refractivity contribution in [2.75, 3.05) is 25.1 Å². The van der Waals surface area contributed by atoms with Crippen molar-refractivity contribution in [2.24, 2.45) is 0 Å². The number of nitrogens with zero attached hydrogens (tertiary/aromatic N) is 3. The van der Waals surface area contributed by atoms with Crippen molar-refractivity contribution in [3.63, 3.8) is 0 Å². The van der Waals surface area contributed by atoms with Gasteiger partial charge in [-0.1, -0.05) is 0 Å². The molecule has 1 aromatic rings. The van der Waals surface area contributed by atoms with Crippen LogP contribution in [0.25, 0.3) is 0 Å². The Kier molecular flexibility index (Phi) is 5.52. The van der Waals surface area contributed by atoms with E-state index in [0.717, 1.165) is 37.5 Å². The van der Waals surface area contributed by atoms with Gasteiger partial charge >= 0.3 is 0 Å². The number of amides is 1. The summed E-state index contributed by atoms with van der Waals surface area (Å²) >= 11 is 1.73. The second-order valence-corrected chi connectivity index (χ2v) is 6.69. The second-order valence-electron chi connectivity index (χ2n) is 5.71. The quantitative estimate of drug-likeness (QED) is 0.838. The Bertz CT molecular complexity index is 444. The zero-order valence-corrected chi connectivity index (χ0v) is 13.5. The van der Waals surface area contributed by atoms with Gasteiger partial charge in [0.1, 0.15) is 5.82 Å². The molecule has 1 fully saturated rings. The molecule has 2 rings (SSSR count). The summed E-state index contributed by atoms with van der Waals surface area (Å²) in [4.78, 5) is 18.7. The van der Waals surface area contributed by atoms with E-state index in [1.54, 1.807) is 11.8 Å². The van der Waals surface area contributed by atoms with Crippen molar-refractivity contribution >= 4 is 17.7 Å². The van der Waals surface area contributed by atoms with Crippen LogP contribution in [0.2, 0.25) is 0 Å². The largest absolute Gasteiger partial charge is 0.342 e. The Morgan fingerprint density at radius 2 is 2.35 bits per heavy atom. The number of carbonyl (C=O) groups excluding carboxylic acids is 1. The summed E-state index contributed by atoms with van der Waals surface area (Å²) in [7, 11) is 0. The number of hydrogen-bond donors (Lipinski definition) is 0. The molecule has 112 valence electrons. The summed E-state index contributed by atoms with van der Waals surface area (Å²) in [6, 6.07) is 0.426. The predicted molar refractivity (Wildman–Crippen MR) is 84.2 cm³/mol. The van der Waals surface area contributed by atoms with Crippen molar-refractivity contribution in [3.8, 4) is 0 Å². The smallest absolute Gasteiger partial charge is 0.223 e. The molecule has 4 nitrogen and oxygen atoms in total. The Labute approximate surface area is 125 Å². The number of imidazole rings is 1. The van der Waals surface area contributed by atoms with Crippen molar-refractivity contribution in [3.05, 3.63) is 18.2 Å². The average Bonchev–Trinajstić information content (AvgIpc) is 2.94. The molecule has 2 heterocycles. The van der Waals surface area contributed by atoms with E-state index in [9.17, 15) is 4.79 Å². The molecular formula is C15H25N3OS. The maximum Gasteiger partial charge on any atom is 0.223 e. The van der Waals surface area contributed by atoms with E-state index in [2.05, 4.69) is 29.6 Å². The van der Waals surface area contributed by atoms with E-state index >= 15 is 0 Å². The molecule has 1 atom stereocenters. The molecular weight excluding hydrogens is 270 g/mol. The van der Waals surface area contributed by atoms with E-state index in [4.69, 9.17) is 0 Å². The summed E-state index contributed by atoms with van der Waals surface area (Å²) in [5, 5.41) is 0. The van der Waals surface area contributed by atoms with Gasteiger partial charge in [0, 0.05) is 49.6 Å². The maximum atomic E-state index is 12.2. The normalized spacial score (nSPS) is 19.6. The van der Waals surface area contributed by atoms with Crippen molar-refractivity contribution in [1.82, 2.24) is 14.5 Å². The molecule has 1 aliphatic heterocycles. The first-order valence-corrected chi connectivity index (χ1v) is 8.82. The number of carbonyl (C=O) groups is 1. The van der Waals surface area contributed by atoms with Gasteiger partial charge in [0.05, 0.1) is 0 Å². The van der Waals surface area contributed by atoms with Gasteiger partial charge in [-0.3, -0.25) is 4.79 Å². The van der Waals surface area contributed by atoms with Crippen LogP contribution in [0, 0.1) is 0 Å². The fourth-order valence-electron chi connectivity index (χ4n) is 2.84. The van der Waals surface area contributed by atoms with Gasteiger partial charge < -0.3 is 9.47 Å². The molecule has 1 unspecified atom stereocenters. The highest BCUT2D eigenvalue weighted by Gasteiger charge is 2.27. The zero-order chi connectivity index (χ0) is 14.5. The van der Waals surface area contributed by atoms with E-state index in [0.29, 0.717) is 24.3 Å². The SMILES string of the molecule is CSCCC(=O)N1CCCC(c2nccn2C(C)C)C1. The van der Waals surface area contributed by atoms with Gasteiger partial charge in [-0.25, -0.2) is 4.98 Å². The molecule has 0 spiro atoms. The van der Waals surface area contributed by atoms with Crippen LogP contribution in [0.1, 0.15) is 50.9 Å². The van der Waals surface area contributed by atoms with Crippen LogP contribution in [0.4, 0.5) is 0 Å². The third-order valence-electron chi connectivity index (χ3n) is 3.91. The van der Waals surface area contributed by atoms with Crippen LogP contribution < -0.4 is 0 Å². The molecule has 0 aliphatic carbocycles. The number of thioether (sulfide) groups is 1. The molecule has 5 heteroatoms. The van der Waals surface area contributed by atoms with E-state index in [1.165, 1.54) is 0 Å². The van der Waals surface area contributed by atoms with E-state index in [1.807, 2.05) is 17.4 Å². The minimum Gasteiger partial charge on any atom is -0.342 e. The highest BCUT2D eigenvalue weighted by atomic mass is 32.2. The van der Waals surface area contributed by atoms with Crippen LogP contribution in [0.3, 0.4) is 0 Å². The highest BCUT2D eigenvalue weighted by molar-refractivity contribution is 7.98. The predicted octanol–water partition coefficient (Wildman–Crippen LogP) is 2.92. The third kappa shape index (κ3) is 3.57. The van der Waals surface area contributed by atoms with Crippen molar-refractivity contribution in [1.29, 1.82) is 0 Å². The van der Waals surface area contributed by atoms with Gasteiger partial charge in [0.25, 0.3) is 0 Å². The summed E-state index contributed by atoms with van der Waals surface area (Å²) in [6.45, 7) is 6.09. The molecule has 1 aromatic heterocycles. The van der Waals surface area contributed by atoms with Gasteiger partial charge in [-0.05, 0) is 32.9 Å². The molecule has 1 saturated heterocycles. The number of rotatable bonds is 5.